The average molecular weight is 354 g/mol. The van der Waals surface area contributed by atoms with Gasteiger partial charge in [-0.1, -0.05) is 48.6 Å². The summed E-state index contributed by atoms with van der Waals surface area (Å²) in [6.45, 7) is 6.11. The number of allylic oxidation sites excluding steroid dienone is 1. The SMILES string of the molecule is C=CCOc1ccc(/C=C(/C#N)c2ccc(C)cc2)cc1Br. The first-order chi connectivity index (χ1) is 10.6. The predicted molar refractivity (Wildman–Crippen MR) is 94.5 cm³/mol. The fourth-order valence-corrected chi connectivity index (χ4v) is 2.46. The second-order valence-electron chi connectivity index (χ2n) is 4.83. The Kier molecular flexibility index (Phi) is 5.57. The number of halogens is 1. The lowest BCUT2D eigenvalue weighted by molar-refractivity contribution is 0.361. The summed E-state index contributed by atoms with van der Waals surface area (Å²) in [6.07, 6.45) is 3.57. The Morgan fingerprint density at radius 2 is 2.00 bits per heavy atom. The van der Waals surface area contributed by atoms with Gasteiger partial charge in [0.05, 0.1) is 16.1 Å². The molecule has 0 aliphatic rings. The molecule has 0 radical (unpaired) electrons. The van der Waals surface area contributed by atoms with Crippen molar-refractivity contribution in [2.24, 2.45) is 0 Å². The largest absolute Gasteiger partial charge is 0.488 e. The molecule has 0 fully saturated rings. The molecule has 2 nitrogen and oxygen atoms in total. The minimum absolute atomic E-state index is 0.459. The summed E-state index contributed by atoms with van der Waals surface area (Å²) in [5, 5.41) is 9.38. The highest BCUT2D eigenvalue weighted by Crippen LogP contribution is 2.28. The van der Waals surface area contributed by atoms with E-state index < -0.39 is 0 Å². The van der Waals surface area contributed by atoms with Gasteiger partial charge in [0, 0.05) is 0 Å². The van der Waals surface area contributed by atoms with Crippen LogP contribution in [0.15, 0.2) is 59.6 Å². The van der Waals surface area contributed by atoms with Crippen LogP contribution in [0.3, 0.4) is 0 Å². The average Bonchev–Trinajstić information content (AvgIpc) is 2.53. The fraction of sp³-hybridized carbons (Fsp3) is 0.105. The Bertz CT molecular complexity index is 739. The summed E-state index contributed by atoms with van der Waals surface area (Å²) in [6, 6.07) is 15.9. The van der Waals surface area contributed by atoms with Gasteiger partial charge in [0.25, 0.3) is 0 Å². The molecule has 0 saturated carbocycles. The molecular formula is C19H16BrNO. The second kappa shape index (κ2) is 7.63. The number of hydrogen-bond acceptors (Lipinski definition) is 2. The highest BCUT2D eigenvalue weighted by atomic mass is 79.9. The second-order valence-corrected chi connectivity index (χ2v) is 5.68. The van der Waals surface area contributed by atoms with E-state index in [4.69, 9.17) is 4.74 Å². The van der Waals surface area contributed by atoms with Crippen LogP contribution in [0, 0.1) is 18.3 Å². The van der Waals surface area contributed by atoms with E-state index in [1.807, 2.05) is 55.5 Å². The Hall–Kier alpha value is -2.31. The molecule has 2 aromatic rings. The number of aryl methyl sites for hydroxylation is 1. The van der Waals surface area contributed by atoms with Gasteiger partial charge >= 0.3 is 0 Å². The molecule has 0 unspecified atom stereocenters. The molecule has 0 bridgehead atoms. The molecule has 2 rings (SSSR count). The summed E-state index contributed by atoms with van der Waals surface area (Å²) in [4.78, 5) is 0. The summed E-state index contributed by atoms with van der Waals surface area (Å²) in [7, 11) is 0. The number of rotatable bonds is 5. The van der Waals surface area contributed by atoms with Crippen molar-refractivity contribution in [2.75, 3.05) is 6.61 Å². The quantitative estimate of drug-likeness (QED) is 0.410. The number of benzene rings is 2. The number of nitriles is 1. The topological polar surface area (TPSA) is 33.0 Å². The van der Waals surface area contributed by atoms with E-state index in [2.05, 4.69) is 28.6 Å². The Morgan fingerprint density at radius 1 is 1.27 bits per heavy atom. The molecule has 0 saturated heterocycles. The maximum atomic E-state index is 9.38. The van der Waals surface area contributed by atoms with Crippen LogP contribution in [0.2, 0.25) is 0 Å². The van der Waals surface area contributed by atoms with Crippen LogP contribution in [-0.2, 0) is 0 Å². The van der Waals surface area contributed by atoms with Crippen LogP contribution < -0.4 is 4.74 Å². The third-order valence-electron chi connectivity index (χ3n) is 3.11. The van der Waals surface area contributed by atoms with Gasteiger partial charge in [0.2, 0.25) is 0 Å². The van der Waals surface area contributed by atoms with E-state index >= 15 is 0 Å². The van der Waals surface area contributed by atoms with Gasteiger partial charge in [-0.05, 0) is 52.2 Å². The van der Waals surface area contributed by atoms with Crippen molar-refractivity contribution in [3.05, 3.63) is 76.3 Å². The molecule has 0 heterocycles. The van der Waals surface area contributed by atoms with Gasteiger partial charge < -0.3 is 4.74 Å². The standard InChI is InChI=1S/C19H16BrNO/c1-3-10-22-19-9-6-15(12-18(19)20)11-17(13-21)16-7-4-14(2)5-8-16/h3-9,11-12H,1,10H2,2H3/b17-11-. The Morgan fingerprint density at radius 3 is 2.59 bits per heavy atom. The highest BCUT2D eigenvalue weighted by molar-refractivity contribution is 9.10. The summed E-state index contributed by atoms with van der Waals surface area (Å²) in [5.41, 5.74) is 3.66. The highest BCUT2D eigenvalue weighted by Gasteiger charge is 2.04. The van der Waals surface area contributed by atoms with E-state index in [1.54, 1.807) is 6.08 Å². The summed E-state index contributed by atoms with van der Waals surface area (Å²) < 4.78 is 6.37. The van der Waals surface area contributed by atoms with Crippen molar-refractivity contribution in [1.82, 2.24) is 0 Å². The van der Waals surface area contributed by atoms with Gasteiger partial charge in [-0.3, -0.25) is 0 Å². The van der Waals surface area contributed by atoms with Crippen molar-refractivity contribution >= 4 is 27.6 Å². The minimum Gasteiger partial charge on any atom is -0.488 e. The summed E-state index contributed by atoms with van der Waals surface area (Å²) in [5.74, 6) is 0.755. The van der Waals surface area contributed by atoms with Gasteiger partial charge in [0.15, 0.2) is 0 Å². The van der Waals surface area contributed by atoms with Gasteiger partial charge in [-0.15, -0.1) is 0 Å². The van der Waals surface area contributed by atoms with E-state index in [0.717, 1.165) is 21.3 Å². The minimum atomic E-state index is 0.459. The number of ether oxygens (including phenoxy) is 1. The first-order valence-corrected chi connectivity index (χ1v) is 7.65. The lowest BCUT2D eigenvalue weighted by atomic mass is 10.0. The molecule has 3 heteroatoms. The van der Waals surface area contributed by atoms with E-state index in [-0.39, 0.29) is 0 Å². The van der Waals surface area contributed by atoms with E-state index in [0.29, 0.717) is 12.2 Å². The van der Waals surface area contributed by atoms with Crippen LogP contribution in [0.25, 0.3) is 11.6 Å². The van der Waals surface area contributed by atoms with Crippen LogP contribution in [-0.4, -0.2) is 6.61 Å². The molecule has 0 aliphatic carbocycles. The fourth-order valence-electron chi connectivity index (χ4n) is 1.95. The molecule has 0 spiro atoms. The normalized spacial score (nSPS) is 10.9. The molecule has 110 valence electrons. The third kappa shape index (κ3) is 4.09. The molecule has 0 N–H and O–H groups in total. The molecule has 0 atom stereocenters. The molecular weight excluding hydrogens is 338 g/mol. The lowest BCUT2D eigenvalue weighted by Gasteiger charge is -2.07. The van der Waals surface area contributed by atoms with E-state index in [1.165, 1.54) is 5.56 Å². The zero-order chi connectivity index (χ0) is 15.9. The Labute approximate surface area is 139 Å². The molecule has 0 aliphatic heterocycles. The van der Waals surface area contributed by atoms with Crippen LogP contribution >= 0.6 is 15.9 Å². The van der Waals surface area contributed by atoms with Crippen LogP contribution in [0.5, 0.6) is 5.75 Å². The van der Waals surface area contributed by atoms with Gasteiger partial charge in [-0.25, -0.2) is 0 Å². The van der Waals surface area contributed by atoms with Crippen LogP contribution in [0.4, 0.5) is 0 Å². The number of hydrogen-bond donors (Lipinski definition) is 0. The Balaban J connectivity index is 2.30. The van der Waals surface area contributed by atoms with Gasteiger partial charge in [-0.2, -0.15) is 5.26 Å². The van der Waals surface area contributed by atoms with Crippen LogP contribution in [0.1, 0.15) is 16.7 Å². The van der Waals surface area contributed by atoms with Crippen molar-refractivity contribution in [1.29, 1.82) is 5.26 Å². The molecule has 22 heavy (non-hydrogen) atoms. The first kappa shape index (κ1) is 16.1. The first-order valence-electron chi connectivity index (χ1n) is 6.86. The van der Waals surface area contributed by atoms with E-state index in [9.17, 15) is 5.26 Å². The van der Waals surface area contributed by atoms with Crippen molar-refractivity contribution < 1.29 is 4.74 Å². The molecule has 0 aromatic heterocycles. The summed E-state index contributed by atoms with van der Waals surface area (Å²) >= 11 is 3.48. The predicted octanol–water partition coefficient (Wildman–Crippen LogP) is 5.39. The maximum Gasteiger partial charge on any atom is 0.133 e. The zero-order valence-electron chi connectivity index (χ0n) is 12.3. The monoisotopic (exact) mass is 353 g/mol. The van der Waals surface area contributed by atoms with Gasteiger partial charge in [0.1, 0.15) is 12.4 Å². The molecule has 2 aromatic carbocycles. The zero-order valence-corrected chi connectivity index (χ0v) is 13.9. The van der Waals surface area contributed by atoms with Crippen molar-refractivity contribution in [2.45, 2.75) is 6.92 Å². The van der Waals surface area contributed by atoms with Crippen molar-refractivity contribution in [3.8, 4) is 11.8 Å². The third-order valence-corrected chi connectivity index (χ3v) is 3.73. The lowest BCUT2D eigenvalue weighted by Crippen LogP contribution is -1.93. The maximum absolute atomic E-state index is 9.38. The smallest absolute Gasteiger partial charge is 0.133 e. The van der Waals surface area contributed by atoms with Crippen molar-refractivity contribution in [3.63, 3.8) is 0 Å². The number of nitrogens with zero attached hydrogens (tertiary/aromatic N) is 1. The molecule has 0 amide bonds.